The maximum atomic E-state index is 12.6. The molecule has 0 aliphatic carbocycles. The minimum absolute atomic E-state index is 0.140. The molecule has 5 heteroatoms. The Hall–Kier alpha value is -3.08. The molecule has 0 aliphatic rings. The first-order valence-corrected chi connectivity index (χ1v) is 6.74. The van der Waals surface area contributed by atoms with E-state index in [1.807, 2.05) is 18.2 Å². The number of methoxy groups -OCH3 is 1. The second kappa shape index (κ2) is 5.37. The second-order valence-corrected chi connectivity index (χ2v) is 4.95. The van der Waals surface area contributed by atoms with Gasteiger partial charge in [-0.25, -0.2) is 0 Å². The predicted octanol–water partition coefficient (Wildman–Crippen LogP) is 2.99. The number of H-pyrrole nitrogens is 1. The highest BCUT2D eigenvalue weighted by molar-refractivity contribution is 6.11. The molecule has 0 unspecified atom stereocenters. The Balaban J connectivity index is 2.03. The summed E-state index contributed by atoms with van der Waals surface area (Å²) < 4.78 is 5.18. The smallest absolute Gasteiger partial charge is 0.209 e. The number of aromatic nitrogens is 1. The fourth-order valence-corrected chi connectivity index (χ4v) is 2.36. The molecule has 1 aromatic heterocycles. The van der Waals surface area contributed by atoms with Crippen molar-refractivity contribution >= 4 is 28.6 Å². The fraction of sp³-hybridized carbons (Fsp3) is 0.0588. The summed E-state index contributed by atoms with van der Waals surface area (Å²) in [5.41, 5.74) is 8.61. The first-order chi connectivity index (χ1) is 10.6. The molecule has 5 nitrogen and oxygen atoms in total. The molecule has 0 saturated heterocycles. The average Bonchev–Trinajstić information content (AvgIpc) is 2.97. The number of ketones is 1. The highest BCUT2D eigenvalue weighted by Crippen LogP contribution is 2.23. The molecule has 4 N–H and O–H groups in total. The van der Waals surface area contributed by atoms with Crippen LogP contribution < -0.4 is 10.5 Å². The van der Waals surface area contributed by atoms with E-state index in [2.05, 4.69) is 4.98 Å². The van der Waals surface area contributed by atoms with Gasteiger partial charge < -0.3 is 20.9 Å². The van der Waals surface area contributed by atoms with Crippen molar-refractivity contribution in [2.45, 2.75) is 0 Å². The van der Waals surface area contributed by atoms with Crippen molar-refractivity contribution in [2.75, 3.05) is 12.8 Å². The third-order valence-electron chi connectivity index (χ3n) is 3.58. The number of rotatable bonds is 4. The van der Waals surface area contributed by atoms with Crippen molar-refractivity contribution in [3.8, 4) is 5.75 Å². The number of hydrogen-bond donors (Lipinski definition) is 3. The quantitative estimate of drug-likeness (QED) is 0.392. The standard InChI is InChI=1S/C17H15N3O2/c1-22-13-3-5-15-11(7-13)8-16(20-15)17(21)10-2-4-14(19)12(6-10)9-18/h2-9,18,20H,19H2,1H3. The summed E-state index contributed by atoms with van der Waals surface area (Å²) in [4.78, 5) is 15.7. The van der Waals surface area contributed by atoms with E-state index in [0.717, 1.165) is 22.9 Å². The minimum Gasteiger partial charge on any atom is -0.497 e. The van der Waals surface area contributed by atoms with Crippen LogP contribution in [0.25, 0.3) is 10.9 Å². The van der Waals surface area contributed by atoms with Crippen LogP contribution in [0.5, 0.6) is 5.75 Å². The van der Waals surface area contributed by atoms with E-state index in [-0.39, 0.29) is 5.78 Å². The minimum atomic E-state index is -0.140. The normalized spacial score (nSPS) is 10.6. The van der Waals surface area contributed by atoms with Crippen LogP contribution in [0.4, 0.5) is 5.69 Å². The lowest BCUT2D eigenvalue weighted by molar-refractivity contribution is 0.103. The van der Waals surface area contributed by atoms with Gasteiger partial charge in [-0.2, -0.15) is 0 Å². The monoisotopic (exact) mass is 293 g/mol. The summed E-state index contributed by atoms with van der Waals surface area (Å²) in [7, 11) is 1.60. The van der Waals surface area contributed by atoms with Crippen LogP contribution in [0.1, 0.15) is 21.6 Å². The Labute approximate surface area is 127 Å². The summed E-state index contributed by atoms with van der Waals surface area (Å²) >= 11 is 0. The van der Waals surface area contributed by atoms with Crippen molar-refractivity contribution in [1.82, 2.24) is 4.98 Å². The first kappa shape index (κ1) is 13.9. The Kier molecular flexibility index (Phi) is 3.39. The zero-order chi connectivity index (χ0) is 15.7. The number of hydrogen-bond acceptors (Lipinski definition) is 4. The second-order valence-electron chi connectivity index (χ2n) is 4.95. The van der Waals surface area contributed by atoms with Gasteiger partial charge in [-0.15, -0.1) is 0 Å². The van der Waals surface area contributed by atoms with E-state index < -0.39 is 0 Å². The van der Waals surface area contributed by atoms with Gasteiger partial charge in [0.1, 0.15) is 5.75 Å². The van der Waals surface area contributed by atoms with Gasteiger partial charge in [0.25, 0.3) is 0 Å². The van der Waals surface area contributed by atoms with Crippen LogP contribution >= 0.6 is 0 Å². The van der Waals surface area contributed by atoms with Gasteiger partial charge in [-0.1, -0.05) is 0 Å². The van der Waals surface area contributed by atoms with Gasteiger partial charge in [0.2, 0.25) is 5.78 Å². The number of fused-ring (bicyclic) bond motifs is 1. The number of aromatic amines is 1. The topological polar surface area (TPSA) is 92.0 Å². The summed E-state index contributed by atoms with van der Waals surface area (Å²) in [5.74, 6) is 0.599. The van der Waals surface area contributed by atoms with Crippen LogP contribution in [-0.4, -0.2) is 24.1 Å². The maximum absolute atomic E-state index is 12.6. The number of carbonyl (C=O) groups is 1. The van der Waals surface area contributed by atoms with Crippen LogP contribution in [0.15, 0.2) is 42.5 Å². The van der Waals surface area contributed by atoms with Gasteiger partial charge in [0.05, 0.1) is 12.8 Å². The predicted molar refractivity (Wildman–Crippen MR) is 87.0 cm³/mol. The molecule has 0 bridgehead atoms. The Morgan fingerprint density at radius 3 is 2.77 bits per heavy atom. The summed E-state index contributed by atoms with van der Waals surface area (Å²) in [6.07, 6.45) is 1.14. The van der Waals surface area contributed by atoms with E-state index in [1.165, 1.54) is 0 Å². The van der Waals surface area contributed by atoms with Crippen molar-refractivity contribution < 1.29 is 9.53 Å². The van der Waals surface area contributed by atoms with Crippen molar-refractivity contribution in [3.05, 3.63) is 59.3 Å². The highest BCUT2D eigenvalue weighted by Gasteiger charge is 2.13. The zero-order valence-corrected chi connectivity index (χ0v) is 12.0. The number of anilines is 1. The third kappa shape index (κ3) is 2.33. The van der Waals surface area contributed by atoms with Gasteiger partial charge >= 0.3 is 0 Å². The van der Waals surface area contributed by atoms with Gasteiger partial charge in [0, 0.05) is 33.9 Å². The average molecular weight is 293 g/mol. The number of nitrogen functional groups attached to an aromatic ring is 1. The third-order valence-corrected chi connectivity index (χ3v) is 3.58. The van der Waals surface area contributed by atoms with Crippen molar-refractivity contribution in [2.24, 2.45) is 0 Å². The number of ether oxygens (including phenoxy) is 1. The highest BCUT2D eigenvalue weighted by atomic mass is 16.5. The lowest BCUT2D eigenvalue weighted by Gasteiger charge is -2.03. The van der Waals surface area contributed by atoms with Gasteiger partial charge in [-0.3, -0.25) is 4.79 Å². The Morgan fingerprint density at radius 2 is 2.05 bits per heavy atom. The molecule has 1 heterocycles. The molecule has 0 saturated carbocycles. The number of benzene rings is 2. The summed E-state index contributed by atoms with van der Waals surface area (Å²) in [6, 6.07) is 12.3. The molecule has 110 valence electrons. The number of carbonyl (C=O) groups excluding carboxylic acids is 1. The van der Waals surface area contributed by atoms with E-state index >= 15 is 0 Å². The Morgan fingerprint density at radius 1 is 1.23 bits per heavy atom. The molecule has 0 aliphatic heterocycles. The van der Waals surface area contributed by atoms with Crippen LogP contribution in [0.2, 0.25) is 0 Å². The molecule has 0 spiro atoms. The molecule has 2 aromatic carbocycles. The summed E-state index contributed by atoms with van der Waals surface area (Å²) in [5, 5.41) is 8.23. The van der Waals surface area contributed by atoms with E-state index in [4.69, 9.17) is 15.9 Å². The first-order valence-electron chi connectivity index (χ1n) is 6.74. The van der Waals surface area contributed by atoms with E-state index in [9.17, 15) is 4.79 Å². The molecule has 3 rings (SSSR count). The number of nitrogens with two attached hydrogens (primary N) is 1. The van der Waals surface area contributed by atoms with E-state index in [1.54, 1.807) is 31.4 Å². The molecule has 0 radical (unpaired) electrons. The largest absolute Gasteiger partial charge is 0.497 e. The van der Waals surface area contributed by atoms with Crippen LogP contribution in [-0.2, 0) is 0 Å². The molecular formula is C17H15N3O2. The molecule has 3 aromatic rings. The lowest BCUT2D eigenvalue weighted by Crippen LogP contribution is -2.03. The summed E-state index contributed by atoms with van der Waals surface area (Å²) in [6.45, 7) is 0. The van der Waals surface area contributed by atoms with Gasteiger partial charge in [0.15, 0.2) is 0 Å². The Bertz CT molecular complexity index is 881. The van der Waals surface area contributed by atoms with Crippen molar-refractivity contribution in [3.63, 3.8) is 0 Å². The van der Waals surface area contributed by atoms with E-state index in [0.29, 0.717) is 22.5 Å². The molecule has 0 amide bonds. The van der Waals surface area contributed by atoms with Crippen LogP contribution in [0.3, 0.4) is 0 Å². The van der Waals surface area contributed by atoms with Crippen LogP contribution in [0, 0.1) is 5.41 Å². The SMILES string of the molecule is COc1ccc2[nH]c(C(=O)c3ccc(N)c(C=N)c3)cc2c1. The van der Waals surface area contributed by atoms with Crippen molar-refractivity contribution in [1.29, 1.82) is 5.41 Å². The molecule has 0 atom stereocenters. The number of nitrogens with one attached hydrogen (secondary N) is 2. The molecular weight excluding hydrogens is 278 g/mol. The lowest BCUT2D eigenvalue weighted by atomic mass is 10.0. The molecule has 0 fully saturated rings. The fourth-order valence-electron chi connectivity index (χ4n) is 2.36. The maximum Gasteiger partial charge on any atom is 0.209 e. The molecule has 22 heavy (non-hydrogen) atoms. The zero-order valence-electron chi connectivity index (χ0n) is 12.0. The van der Waals surface area contributed by atoms with Gasteiger partial charge in [-0.05, 0) is 42.5 Å².